The van der Waals surface area contributed by atoms with Gasteiger partial charge in [-0.3, -0.25) is 4.79 Å². The Morgan fingerprint density at radius 3 is 2.90 bits per heavy atom. The molecule has 1 N–H and O–H groups in total. The van der Waals surface area contributed by atoms with Crippen molar-refractivity contribution in [1.29, 1.82) is 0 Å². The molecule has 4 aromatic heterocycles. The number of nitrogens with zero attached hydrogens (tertiary/aromatic N) is 2. The Kier molecular flexibility index (Phi) is 5.13. The van der Waals surface area contributed by atoms with Crippen LogP contribution in [0.25, 0.3) is 21.7 Å². The van der Waals surface area contributed by atoms with Crippen LogP contribution < -0.4 is 5.32 Å². The van der Waals surface area contributed by atoms with Gasteiger partial charge in [0.05, 0.1) is 40.0 Å². The number of carbonyl (C=O) groups excluding carboxylic acids is 2. The van der Waals surface area contributed by atoms with E-state index in [2.05, 4.69) is 15.5 Å². The summed E-state index contributed by atoms with van der Waals surface area (Å²) >= 11 is 1.49. The van der Waals surface area contributed by atoms with E-state index in [-0.39, 0.29) is 17.8 Å². The highest BCUT2D eigenvalue weighted by Gasteiger charge is 2.24. The minimum atomic E-state index is -0.994. The van der Waals surface area contributed by atoms with E-state index in [1.54, 1.807) is 25.1 Å². The molecule has 0 radical (unpaired) electrons. The fourth-order valence-corrected chi connectivity index (χ4v) is 3.50. The second-order valence-electron chi connectivity index (χ2n) is 6.33. The Balaban J connectivity index is 1.55. The summed E-state index contributed by atoms with van der Waals surface area (Å²) in [6, 6.07) is 8.88. The van der Waals surface area contributed by atoms with E-state index in [0.29, 0.717) is 22.5 Å². The highest BCUT2D eigenvalue weighted by atomic mass is 32.1. The van der Waals surface area contributed by atoms with Crippen molar-refractivity contribution in [2.75, 3.05) is 0 Å². The van der Waals surface area contributed by atoms with Gasteiger partial charge in [-0.2, -0.15) is 0 Å². The molecule has 4 heterocycles. The molecule has 0 fully saturated rings. The molecule has 0 aliphatic rings. The number of thiophene rings is 1. The summed E-state index contributed by atoms with van der Waals surface area (Å²) in [4.78, 5) is 30.4. The number of aromatic nitrogens is 2. The third-order valence-electron chi connectivity index (χ3n) is 4.28. The largest absolute Gasteiger partial charge is 0.467 e. The Bertz CT molecular complexity index is 1150. The van der Waals surface area contributed by atoms with E-state index in [9.17, 15) is 9.59 Å². The summed E-state index contributed by atoms with van der Waals surface area (Å²) in [6.45, 7) is 3.43. The molecule has 4 aromatic rings. The van der Waals surface area contributed by atoms with Crippen LogP contribution in [0.1, 0.15) is 28.7 Å². The number of fused-ring (bicyclic) bond motifs is 1. The third kappa shape index (κ3) is 3.90. The summed E-state index contributed by atoms with van der Waals surface area (Å²) in [6.07, 6.45) is 0.526. The Labute approximate surface area is 169 Å². The first-order valence-electron chi connectivity index (χ1n) is 8.85. The molecule has 1 amide bonds. The minimum absolute atomic E-state index is 0.209. The highest BCUT2D eigenvalue weighted by molar-refractivity contribution is 7.13. The lowest BCUT2D eigenvalue weighted by atomic mass is 10.1. The molecule has 0 aromatic carbocycles. The average Bonchev–Trinajstić information content (AvgIpc) is 3.48. The van der Waals surface area contributed by atoms with Crippen molar-refractivity contribution in [2.24, 2.45) is 0 Å². The van der Waals surface area contributed by atoms with Gasteiger partial charge in [0, 0.05) is 0 Å². The van der Waals surface area contributed by atoms with Crippen LogP contribution in [0.2, 0.25) is 0 Å². The van der Waals surface area contributed by atoms with Gasteiger partial charge in [-0.05, 0) is 43.5 Å². The zero-order valence-electron chi connectivity index (χ0n) is 15.7. The fraction of sp³-hybridized carbons (Fsp3) is 0.200. The molecule has 0 aliphatic heterocycles. The summed E-state index contributed by atoms with van der Waals surface area (Å²) < 4.78 is 15.8. The van der Waals surface area contributed by atoms with E-state index >= 15 is 0 Å². The number of rotatable bonds is 6. The molecule has 1 atom stereocenters. The molecule has 0 aliphatic carbocycles. The second kappa shape index (κ2) is 7.88. The van der Waals surface area contributed by atoms with Gasteiger partial charge < -0.3 is 19.0 Å². The second-order valence-corrected chi connectivity index (χ2v) is 7.27. The van der Waals surface area contributed by atoms with E-state index in [4.69, 9.17) is 13.7 Å². The predicted molar refractivity (Wildman–Crippen MR) is 105 cm³/mol. The van der Waals surface area contributed by atoms with Crippen LogP contribution in [0.15, 0.2) is 50.9 Å². The van der Waals surface area contributed by atoms with Crippen LogP contribution >= 0.6 is 11.3 Å². The molecular weight excluding hydrogens is 394 g/mol. The number of carbonyl (C=O) groups is 2. The molecule has 148 valence electrons. The van der Waals surface area contributed by atoms with Gasteiger partial charge in [0.2, 0.25) is 0 Å². The van der Waals surface area contributed by atoms with Crippen molar-refractivity contribution in [1.82, 2.24) is 15.5 Å². The molecule has 8 nitrogen and oxygen atoms in total. The van der Waals surface area contributed by atoms with Crippen molar-refractivity contribution < 1.29 is 23.3 Å². The van der Waals surface area contributed by atoms with Gasteiger partial charge in [0.25, 0.3) is 11.6 Å². The van der Waals surface area contributed by atoms with Gasteiger partial charge in [-0.25, -0.2) is 9.78 Å². The van der Waals surface area contributed by atoms with Crippen LogP contribution in [0.3, 0.4) is 0 Å². The van der Waals surface area contributed by atoms with Crippen LogP contribution in [0, 0.1) is 6.92 Å². The number of nitrogens with one attached hydrogen (secondary N) is 1. The number of aryl methyl sites for hydroxylation is 1. The van der Waals surface area contributed by atoms with Crippen molar-refractivity contribution in [2.45, 2.75) is 26.5 Å². The lowest BCUT2D eigenvalue weighted by molar-refractivity contribution is -0.129. The molecule has 0 spiro atoms. The topological polar surface area (TPSA) is 107 Å². The normalized spacial score (nSPS) is 12.1. The van der Waals surface area contributed by atoms with Gasteiger partial charge in [-0.1, -0.05) is 11.2 Å². The van der Waals surface area contributed by atoms with Gasteiger partial charge >= 0.3 is 5.97 Å². The molecule has 29 heavy (non-hydrogen) atoms. The number of hydrogen-bond acceptors (Lipinski definition) is 8. The molecule has 0 saturated carbocycles. The minimum Gasteiger partial charge on any atom is -0.467 e. The lowest BCUT2D eigenvalue weighted by Crippen LogP contribution is -2.35. The van der Waals surface area contributed by atoms with Crippen LogP contribution in [0.5, 0.6) is 0 Å². The van der Waals surface area contributed by atoms with Crippen LogP contribution in [-0.2, 0) is 16.1 Å². The summed E-state index contributed by atoms with van der Waals surface area (Å²) in [5.74, 6) is -0.476. The first-order chi connectivity index (χ1) is 14.0. The zero-order valence-corrected chi connectivity index (χ0v) is 16.5. The number of hydrogen-bond donors (Lipinski definition) is 1. The summed E-state index contributed by atoms with van der Waals surface area (Å²) in [7, 11) is 0. The van der Waals surface area contributed by atoms with Crippen LogP contribution in [0.4, 0.5) is 0 Å². The quantitative estimate of drug-likeness (QED) is 0.482. The summed E-state index contributed by atoms with van der Waals surface area (Å²) in [5, 5.41) is 8.95. The molecule has 9 heteroatoms. The fourth-order valence-electron chi connectivity index (χ4n) is 2.81. The molecule has 1 unspecified atom stereocenters. The Hall–Kier alpha value is -3.46. The number of pyridine rings is 1. The van der Waals surface area contributed by atoms with E-state index in [0.717, 1.165) is 4.88 Å². The summed E-state index contributed by atoms with van der Waals surface area (Å²) in [5.41, 5.74) is 1.59. The van der Waals surface area contributed by atoms with Gasteiger partial charge in [-0.15, -0.1) is 11.3 Å². The standard InChI is InChI=1S/C20H17N3O5S/c1-11-17-14(9-15(16-6-4-8-29-16)22-19(17)28-23-11)20(25)27-12(2)18(24)21-10-13-5-3-7-26-13/h3-9,12H,10H2,1-2H3,(H,21,24). The maximum Gasteiger partial charge on any atom is 0.339 e. The average molecular weight is 411 g/mol. The Morgan fingerprint density at radius 2 is 2.17 bits per heavy atom. The molecule has 0 bridgehead atoms. The number of furan rings is 1. The number of amides is 1. The maximum atomic E-state index is 12.9. The predicted octanol–water partition coefficient (Wildman–Crippen LogP) is 3.71. The van der Waals surface area contributed by atoms with E-state index < -0.39 is 18.0 Å². The van der Waals surface area contributed by atoms with Crippen molar-refractivity contribution in [3.8, 4) is 10.6 Å². The van der Waals surface area contributed by atoms with E-state index in [1.807, 2.05) is 17.5 Å². The number of esters is 1. The smallest absolute Gasteiger partial charge is 0.339 e. The molecule has 0 saturated heterocycles. The van der Waals surface area contributed by atoms with Crippen molar-refractivity contribution in [3.63, 3.8) is 0 Å². The Morgan fingerprint density at radius 1 is 1.31 bits per heavy atom. The number of ether oxygens (including phenoxy) is 1. The first kappa shape index (κ1) is 18.9. The van der Waals surface area contributed by atoms with Crippen molar-refractivity contribution >= 4 is 34.3 Å². The van der Waals surface area contributed by atoms with Gasteiger partial charge in [0.1, 0.15) is 5.76 Å². The monoisotopic (exact) mass is 411 g/mol. The van der Waals surface area contributed by atoms with E-state index in [1.165, 1.54) is 24.5 Å². The maximum absolute atomic E-state index is 12.9. The SMILES string of the molecule is Cc1noc2nc(-c3cccs3)cc(C(=O)OC(C)C(=O)NCc3ccco3)c12. The highest BCUT2D eigenvalue weighted by Crippen LogP contribution is 2.30. The molecule has 4 rings (SSSR count). The van der Waals surface area contributed by atoms with Gasteiger partial charge in [0.15, 0.2) is 6.10 Å². The molecular formula is C20H17N3O5S. The van der Waals surface area contributed by atoms with Crippen molar-refractivity contribution in [3.05, 3.63) is 59.0 Å². The zero-order chi connectivity index (χ0) is 20.4. The third-order valence-corrected chi connectivity index (χ3v) is 5.17. The van der Waals surface area contributed by atoms with Crippen LogP contribution in [-0.4, -0.2) is 28.1 Å². The first-order valence-corrected chi connectivity index (χ1v) is 9.73. The lowest BCUT2D eigenvalue weighted by Gasteiger charge is -2.13.